The maximum atomic E-state index is 12.7. The Balaban J connectivity index is 1.73. The number of amides is 2. The molecule has 1 spiro atoms. The highest BCUT2D eigenvalue weighted by atomic mass is 32.2. The fraction of sp³-hybridized carbons (Fsp3) is 0.529. The summed E-state index contributed by atoms with van der Waals surface area (Å²) in [6.07, 6.45) is 1.24. The summed E-state index contributed by atoms with van der Waals surface area (Å²) in [6.45, 7) is 2.79. The number of carbonyl (C=O) groups excluding carboxylic acids is 2. The van der Waals surface area contributed by atoms with Crippen LogP contribution < -0.4 is 4.31 Å². The van der Waals surface area contributed by atoms with Gasteiger partial charge in [0.05, 0.1) is 25.0 Å². The maximum absolute atomic E-state index is 12.7. The number of likely N-dealkylation sites (tertiary alicyclic amines) is 1. The average molecular weight is 381 g/mol. The van der Waals surface area contributed by atoms with E-state index in [0.29, 0.717) is 25.2 Å². The van der Waals surface area contributed by atoms with E-state index >= 15 is 0 Å². The molecule has 1 aromatic carbocycles. The van der Waals surface area contributed by atoms with Gasteiger partial charge in [-0.05, 0) is 19.1 Å². The van der Waals surface area contributed by atoms with Gasteiger partial charge in [-0.15, -0.1) is 0 Å². The van der Waals surface area contributed by atoms with Gasteiger partial charge in [-0.1, -0.05) is 17.7 Å². The monoisotopic (exact) mass is 381 g/mol. The van der Waals surface area contributed by atoms with Gasteiger partial charge < -0.3 is 14.5 Å². The standard InChI is InChI=1S/C17H23N3O5S/c1-13-4-6-14(7-5-13)20(26(3,23)24)10-15(21)19-9-8-17(12-19)11-18(2)16(22)25-17/h4-7H,8-12H2,1-3H3. The number of hydrogen-bond acceptors (Lipinski definition) is 5. The van der Waals surface area contributed by atoms with Crippen LogP contribution in [0, 0.1) is 6.92 Å². The molecule has 0 radical (unpaired) electrons. The van der Waals surface area contributed by atoms with Crippen molar-refractivity contribution in [2.75, 3.05) is 43.8 Å². The predicted molar refractivity (Wildman–Crippen MR) is 96.4 cm³/mol. The van der Waals surface area contributed by atoms with Gasteiger partial charge in [-0.25, -0.2) is 13.2 Å². The number of likely N-dealkylation sites (N-methyl/N-ethyl adjacent to an activating group) is 1. The second kappa shape index (κ2) is 6.46. The number of sulfonamides is 1. The van der Waals surface area contributed by atoms with Crippen molar-refractivity contribution < 1.29 is 22.7 Å². The first-order valence-corrected chi connectivity index (χ1v) is 10.2. The topological polar surface area (TPSA) is 87.2 Å². The van der Waals surface area contributed by atoms with Gasteiger partial charge in [0, 0.05) is 20.0 Å². The first-order valence-electron chi connectivity index (χ1n) is 8.36. The van der Waals surface area contributed by atoms with E-state index in [-0.39, 0.29) is 19.0 Å². The number of ether oxygens (including phenoxy) is 1. The smallest absolute Gasteiger partial charge is 0.410 e. The number of hydrogen-bond donors (Lipinski definition) is 0. The Morgan fingerprint density at radius 3 is 2.46 bits per heavy atom. The van der Waals surface area contributed by atoms with Crippen molar-refractivity contribution in [2.45, 2.75) is 18.9 Å². The highest BCUT2D eigenvalue weighted by Crippen LogP contribution is 2.32. The van der Waals surface area contributed by atoms with Crippen molar-refractivity contribution >= 4 is 27.7 Å². The number of anilines is 1. The zero-order valence-electron chi connectivity index (χ0n) is 15.1. The van der Waals surface area contributed by atoms with Crippen molar-refractivity contribution in [2.24, 2.45) is 0 Å². The van der Waals surface area contributed by atoms with Crippen LogP contribution in [-0.4, -0.2) is 75.3 Å². The van der Waals surface area contributed by atoms with Crippen LogP contribution >= 0.6 is 0 Å². The number of rotatable bonds is 4. The van der Waals surface area contributed by atoms with E-state index < -0.39 is 21.7 Å². The van der Waals surface area contributed by atoms with Crippen molar-refractivity contribution in [1.82, 2.24) is 9.80 Å². The number of aryl methyl sites for hydroxylation is 1. The van der Waals surface area contributed by atoms with Crippen LogP contribution in [0.2, 0.25) is 0 Å². The third-order valence-corrected chi connectivity index (χ3v) is 5.95. The Labute approximate surface area is 153 Å². The van der Waals surface area contributed by atoms with E-state index in [0.717, 1.165) is 16.1 Å². The predicted octanol–water partition coefficient (Wildman–Crippen LogP) is 0.814. The van der Waals surface area contributed by atoms with E-state index in [2.05, 4.69) is 0 Å². The summed E-state index contributed by atoms with van der Waals surface area (Å²) in [6, 6.07) is 6.97. The zero-order valence-corrected chi connectivity index (χ0v) is 16.0. The molecule has 2 fully saturated rings. The van der Waals surface area contributed by atoms with Crippen LogP contribution in [0.15, 0.2) is 24.3 Å². The highest BCUT2D eigenvalue weighted by molar-refractivity contribution is 7.92. The minimum Gasteiger partial charge on any atom is -0.439 e. The van der Waals surface area contributed by atoms with E-state index in [1.54, 1.807) is 36.2 Å². The second-order valence-electron chi connectivity index (χ2n) is 7.08. The molecule has 1 atom stereocenters. The molecule has 0 saturated carbocycles. The Kier molecular flexibility index (Phi) is 4.60. The molecular formula is C17H23N3O5S. The van der Waals surface area contributed by atoms with E-state index in [4.69, 9.17) is 4.74 Å². The van der Waals surface area contributed by atoms with Crippen molar-refractivity contribution in [3.63, 3.8) is 0 Å². The molecule has 1 aromatic rings. The molecule has 142 valence electrons. The van der Waals surface area contributed by atoms with Crippen molar-refractivity contribution in [1.29, 1.82) is 0 Å². The van der Waals surface area contributed by atoms with Crippen LogP contribution in [0.5, 0.6) is 0 Å². The highest BCUT2D eigenvalue weighted by Gasteiger charge is 2.49. The first kappa shape index (κ1) is 18.5. The molecule has 8 nitrogen and oxygen atoms in total. The molecule has 0 N–H and O–H groups in total. The van der Waals surface area contributed by atoms with Gasteiger partial charge in [-0.3, -0.25) is 9.10 Å². The molecule has 2 aliphatic heterocycles. The van der Waals surface area contributed by atoms with Crippen molar-refractivity contribution in [3.05, 3.63) is 29.8 Å². The molecule has 0 aliphatic carbocycles. The Morgan fingerprint density at radius 2 is 1.92 bits per heavy atom. The lowest BCUT2D eigenvalue weighted by molar-refractivity contribution is -0.129. The Hall–Kier alpha value is -2.29. The molecule has 0 bridgehead atoms. The fourth-order valence-electron chi connectivity index (χ4n) is 3.40. The lowest BCUT2D eigenvalue weighted by Crippen LogP contribution is -2.44. The minimum atomic E-state index is -3.61. The van der Waals surface area contributed by atoms with Gasteiger partial charge in [-0.2, -0.15) is 0 Å². The summed E-state index contributed by atoms with van der Waals surface area (Å²) in [5, 5.41) is 0. The van der Waals surface area contributed by atoms with Gasteiger partial charge >= 0.3 is 6.09 Å². The normalized spacial score (nSPS) is 22.8. The lowest BCUT2D eigenvalue weighted by atomic mass is 10.0. The van der Waals surface area contributed by atoms with Crippen molar-refractivity contribution in [3.8, 4) is 0 Å². The molecule has 2 aliphatic rings. The summed E-state index contributed by atoms with van der Waals surface area (Å²) in [7, 11) is -1.95. The molecule has 2 saturated heterocycles. The van der Waals surface area contributed by atoms with Gasteiger partial charge in [0.2, 0.25) is 15.9 Å². The number of carbonyl (C=O) groups is 2. The molecule has 9 heteroatoms. The Bertz CT molecular complexity index is 823. The Morgan fingerprint density at radius 1 is 1.27 bits per heavy atom. The van der Waals surface area contributed by atoms with Crippen LogP contribution in [0.1, 0.15) is 12.0 Å². The van der Waals surface area contributed by atoms with Gasteiger partial charge in [0.15, 0.2) is 5.60 Å². The molecule has 2 amide bonds. The van der Waals surface area contributed by atoms with Crippen LogP contribution in [0.3, 0.4) is 0 Å². The largest absolute Gasteiger partial charge is 0.439 e. The minimum absolute atomic E-state index is 0.276. The lowest BCUT2D eigenvalue weighted by Gasteiger charge is -2.26. The number of benzene rings is 1. The van der Waals surface area contributed by atoms with E-state index in [1.165, 1.54) is 4.90 Å². The van der Waals surface area contributed by atoms with Crippen LogP contribution in [-0.2, 0) is 19.6 Å². The molecule has 0 aromatic heterocycles. The van der Waals surface area contributed by atoms with Crippen LogP contribution in [0.25, 0.3) is 0 Å². The van der Waals surface area contributed by atoms with E-state index in [9.17, 15) is 18.0 Å². The maximum Gasteiger partial charge on any atom is 0.410 e. The molecule has 1 unspecified atom stereocenters. The summed E-state index contributed by atoms with van der Waals surface area (Å²) in [5.41, 5.74) is 0.774. The molecule has 3 rings (SSSR count). The third kappa shape index (κ3) is 3.62. The average Bonchev–Trinajstić information content (AvgIpc) is 3.08. The summed E-state index contributed by atoms with van der Waals surface area (Å²) >= 11 is 0. The number of nitrogens with zero attached hydrogens (tertiary/aromatic N) is 3. The SMILES string of the molecule is Cc1ccc(N(CC(=O)N2CCC3(CN(C)C(=O)O3)C2)S(C)(=O)=O)cc1. The van der Waals surface area contributed by atoms with E-state index in [1.807, 2.05) is 6.92 Å². The fourth-order valence-corrected chi connectivity index (χ4v) is 4.25. The summed E-state index contributed by atoms with van der Waals surface area (Å²) in [4.78, 5) is 27.4. The molecular weight excluding hydrogens is 358 g/mol. The quantitative estimate of drug-likeness (QED) is 0.770. The molecule has 2 heterocycles. The zero-order chi connectivity index (χ0) is 19.1. The first-order chi connectivity index (χ1) is 12.1. The molecule has 26 heavy (non-hydrogen) atoms. The summed E-state index contributed by atoms with van der Waals surface area (Å²) < 4.78 is 30.9. The third-order valence-electron chi connectivity index (χ3n) is 4.81. The summed E-state index contributed by atoms with van der Waals surface area (Å²) in [5.74, 6) is -0.307. The van der Waals surface area contributed by atoms with Gasteiger partial charge in [0.1, 0.15) is 6.54 Å². The second-order valence-corrected chi connectivity index (χ2v) is 8.98. The van der Waals surface area contributed by atoms with Crippen LogP contribution in [0.4, 0.5) is 10.5 Å². The van der Waals surface area contributed by atoms with Gasteiger partial charge in [0.25, 0.3) is 0 Å².